The zero-order valence-electron chi connectivity index (χ0n) is 13.6. The molecule has 0 saturated heterocycles. The molecule has 1 amide bonds. The Bertz CT molecular complexity index is 871. The summed E-state index contributed by atoms with van der Waals surface area (Å²) in [6.45, 7) is 1.15. The standard InChI is InChI=1S/C20H18ClN3O/c21-19-8-4-7-17(11-19)12-22-20(25)10-9-18-13-23-24(15-18)14-16-5-2-1-3-6-16/h1-11,13,15H,12,14H2,(H,22,25)/b10-9+. The van der Waals surface area contributed by atoms with Gasteiger partial charge in [-0.1, -0.05) is 54.1 Å². The molecule has 0 fully saturated rings. The first kappa shape index (κ1) is 17.0. The van der Waals surface area contributed by atoms with Gasteiger partial charge in [-0.15, -0.1) is 0 Å². The third-order valence-electron chi connectivity index (χ3n) is 3.62. The fourth-order valence-electron chi connectivity index (χ4n) is 2.39. The number of carbonyl (C=O) groups is 1. The van der Waals surface area contributed by atoms with Gasteiger partial charge < -0.3 is 5.32 Å². The molecule has 0 aliphatic carbocycles. The predicted molar refractivity (Wildman–Crippen MR) is 100 cm³/mol. The van der Waals surface area contributed by atoms with E-state index in [9.17, 15) is 4.79 Å². The van der Waals surface area contributed by atoms with Gasteiger partial charge in [-0.05, 0) is 29.3 Å². The second-order valence-electron chi connectivity index (χ2n) is 5.64. The van der Waals surface area contributed by atoms with Crippen LogP contribution in [0.25, 0.3) is 6.08 Å². The minimum Gasteiger partial charge on any atom is -0.348 e. The van der Waals surface area contributed by atoms with Crippen molar-refractivity contribution in [2.24, 2.45) is 0 Å². The van der Waals surface area contributed by atoms with E-state index >= 15 is 0 Å². The molecule has 0 aliphatic heterocycles. The van der Waals surface area contributed by atoms with E-state index < -0.39 is 0 Å². The highest BCUT2D eigenvalue weighted by molar-refractivity contribution is 6.30. The zero-order chi connectivity index (χ0) is 17.5. The second kappa shape index (κ2) is 8.31. The maximum atomic E-state index is 11.9. The van der Waals surface area contributed by atoms with Gasteiger partial charge in [0.25, 0.3) is 0 Å². The molecule has 1 aromatic heterocycles. The molecule has 0 aliphatic rings. The molecule has 0 saturated carbocycles. The van der Waals surface area contributed by atoms with Gasteiger partial charge in [-0.25, -0.2) is 0 Å². The Morgan fingerprint density at radius 1 is 1.12 bits per heavy atom. The van der Waals surface area contributed by atoms with Crippen molar-refractivity contribution < 1.29 is 4.79 Å². The lowest BCUT2D eigenvalue weighted by Gasteiger charge is -2.02. The minimum atomic E-state index is -0.157. The number of aromatic nitrogens is 2. The summed E-state index contributed by atoms with van der Waals surface area (Å²) in [5, 5.41) is 7.80. The Kier molecular flexibility index (Phi) is 5.65. The van der Waals surface area contributed by atoms with Crippen molar-refractivity contribution in [1.29, 1.82) is 0 Å². The van der Waals surface area contributed by atoms with Gasteiger partial charge in [-0.2, -0.15) is 5.10 Å². The summed E-state index contributed by atoms with van der Waals surface area (Å²) in [4.78, 5) is 11.9. The molecule has 0 radical (unpaired) electrons. The summed E-state index contributed by atoms with van der Waals surface area (Å²) in [5.74, 6) is -0.157. The number of hydrogen-bond acceptors (Lipinski definition) is 2. The van der Waals surface area contributed by atoms with Gasteiger partial charge in [0, 0.05) is 29.4 Å². The molecule has 3 rings (SSSR count). The van der Waals surface area contributed by atoms with E-state index in [0.717, 1.165) is 11.1 Å². The number of nitrogens with zero attached hydrogens (tertiary/aromatic N) is 2. The molecular formula is C20H18ClN3O. The van der Waals surface area contributed by atoms with E-state index in [2.05, 4.69) is 22.5 Å². The quantitative estimate of drug-likeness (QED) is 0.684. The Morgan fingerprint density at radius 2 is 1.92 bits per heavy atom. The van der Waals surface area contributed by atoms with E-state index in [1.54, 1.807) is 18.3 Å². The van der Waals surface area contributed by atoms with Crippen LogP contribution in [0.15, 0.2) is 73.1 Å². The molecule has 25 heavy (non-hydrogen) atoms. The van der Waals surface area contributed by atoms with Crippen LogP contribution >= 0.6 is 11.6 Å². The molecule has 5 heteroatoms. The fraction of sp³-hybridized carbons (Fsp3) is 0.100. The zero-order valence-corrected chi connectivity index (χ0v) is 14.4. The van der Waals surface area contributed by atoms with Gasteiger partial charge in [0.2, 0.25) is 5.91 Å². The Labute approximate surface area is 151 Å². The first-order valence-corrected chi connectivity index (χ1v) is 8.33. The summed E-state index contributed by atoms with van der Waals surface area (Å²) in [6.07, 6.45) is 6.91. The number of carbonyl (C=O) groups excluding carboxylic acids is 1. The number of halogens is 1. The van der Waals surface area contributed by atoms with Crippen molar-refractivity contribution in [3.63, 3.8) is 0 Å². The van der Waals surface area contributed by atoms with Crippen LogP contribution in [-0.4, -0.2) is 15.7 Å². The molecule has 2 aromatic carbocycles. The van der Waals surface area contributed by atoms with Gasteiger partial charge in [0.1, 0.15) is 0 Å². The number of benzene rings is 2. The first-order chi connectivity index (χ1) is 12.2. The molecule has 1 heterocycles. The normalized spacial score (nSPS) is 10.9. The molecule has 0 spiro atoms. The monoisotopic (exact) mass is 351 g/mol. The lowest BCUT2D eigenvalue weighted by molar-refractivity contribution is -0.116. The summed E-state index contributed by atoms with van der Waals surface area (Å²) in [7, 11) is 0. The van der Waals surface area contributed by atoms with Gasteiger partial charge in [-0.3, -0.25) is 9.48 Å². The smallest absolute Gasteiger partial charge is 0.244 e. The third-order valence-corrected chi connectivity index (χ3v) is 3.86. The SMILES string of the molecule is O=C(/C=C/c1cnn(Cc2ccccc2)c1)NCc1cccc(Cl)c1. The van der Waals surface area contributed by atoms with E-state index in [0.29, 0.717) is 18.1 Å². The maximum absolute atomic E-state index is 11.9. The number of amides is 1. The van der Waals surface area contributed by atoms with E-state index in [-0.39, 0.29) is 5.91 Å². The summed E-state index contributed by atoms with van der Waals surface area (Å²) in [5.41, 5.74) is 3.03. The molecule has 126 valence electrons. The predicted octanol–water partition coefficient (Wildman–Crippen LogP) is 3.91. The van der Waals surface area contributed by atoms with Crippen LogP contribution in [0.1, 0.15) is 16.7 Å². The van der Waals surface area contributed by atoms with Crippen molar-refractivity contribution in [2.75, 3.05) is 0 Å². The van der Waals surface area contributed by atoms with Gasteiger partial charge in [0.15, 0.2) is 0 Å². The van der Waals surface area contributed by atoms with Crippen LogP contribution in [0.4, 0.5) is 0 Å². The third kappa shape index (κ3) is 5.33. The highest BCUT2D eigenvalue weighted by atomic mass is 35.5. The minimum absolute atomic E-state index is 0.157. The van der Waals surface area contributed by atoms with Gasteiger partial charge in [0.05, 0.1) is 12.7 Å². The number of hydrogen-bond donors (Lipinski definition) is 1. The fourth-order valence-corrected chi connectivity index (χ4v) is 2.60. The maximum Gasteiger partial charge on any atom is 0.244 e. The highest BCUT2D eigenvalue weighted by Gasteiger charge is 2.00. The van der Waals surface area contributed by atoms with Crippen LogP contribution in [-0.2, 0) is 17.9 Å². The Hall–Kier alpha value is -2.85. The van der Waals surface area contributed by atoms with Gasteiger partial charge >= 0.3 is 0 Å². The van der Waals surface area contributed by atoms with Crippen molar-refractivity contribution >= 4 is 23.6 Å². The molecular weight excluding hydrogens is 334 g/mol. The van der Waals surface area contributed by atoms with Crippen molar-refractivity contribution in [2.45, 2.75) is 13.1 Å². The topological polar surface area (TPSA) is 46.9 Å². The largest absolute Gasteiger partial charge is 0.348 e. The molecule has 4 nitrogen and oxygen atoms in total. The van der Waals surface area contributed by atoms with Crippen LogP contribution in [0.5, 0.6) is 0 Å². The molecule has 0 bridgehead atoms. The Balaban J connectivity index is 1.52. The average molecular weight is 352 g/mol. The van der Waals surface area contributed by atoms with Crippen molar-refractivity contribution in [3.8, 4) is 0 Å². The van der Waals surface area contributed by atoms with Crippen LogP contribution in [0.2, 0.25) is 5.02 Å². The summed E-state index contributed by atoms with van der Waals surface area (Å²) < 4.78 is 1.85. The summed E-state index contributed by atoms with van der Waals surface area (Å²) in [6, 6.07) is 17.5. The number of nitrogens with one attached hydrogen (secondary N) is 1. The highest BCUT2D eigenvalue weighted by Crippen LogP contribution is 2.10. The molecule has 0 unspecified atom stereocenters. The lowest BCUT2D eigenvalue weighted by Crippen LogP contribution is -2.20. The van der Waals surface area contributed by atoms with E-state index in [4.69, 9.17) is 11.6 Å². The van der Waals surface area contributed by atoms with Crippen molar-refractivity contribution in [3.05, 3.63) is 94.8 Å². The second-order valence-corrected chi connectivity index (χ2v) is 6.07. The lowest BCUT2D eigenvalue weighted by atomic mass is 10.2. The molecule has 1 N–H and O–H groups in total. The van der Waals surface area contributed by atoms with Crippen molar-refractivity contribution in [1.82, 2.24) is 15.1 Å². The van der Waals surface area contributed by atoms with E-state index in [1.165, 1.54) is 11.6 Å². The van der Waals surface area contributed by atoms with Crippen LogP contribution < -0.4 is 5.32 Å². The molecule has 0 atom stereocenters. The number of rotatable bonds is 6. The summed E-state index contributed by atoms with van der Waals surface area (Å²) >= 11 is 5.93. The first-order valence-electron chi connectivity index (χ1n) is 7.96. The van der Waals surface area contributed by atoms with Crippen LogP contribution in [0.3, 0.4) is 0 Å². The van der Waals surface area contributed by atoms with E-state index in [1.807, 2.05) is 47.3 Å². The average Bonchev–Trinajstić information content (AvgIpc) is 3.06. The molecule has 3 aromatic rings. The van der Waals surface area contributed by atoms with Crippen LogP contribution in [0, 0.1) is 0 Å². The Morgan fingerprint density at radius 3 is 2.72 bits per heavy atom.